The molecule has 0 bridgehead atoms. The molecule has 1 aromatic carbocycles. The first-order chi connectivity index (χ1) is 7.60. The van der Waals surface area contributed by atoms with E-state index in [1.54, 1.807) is 23.9 Å². The van der Waals surface area contributed by atoms with Crippen molar-refractivity contribution in [1.82, 2.24) is 0 Å². The van der Waals surface area contributed by atoms with Crippen molar-refractivity contribution < 1.29 is 13.5 Å². The fraction of sp³-hybridized carbons (Fsp3) is 0.455. The van der Waals surface area contributed by atoms with Gasteiger partial charge in [-0.2, -0.15) is 0 Å². The van der Waals surface area contributed by atoms with Crippen molar-refractivity contribution in [3.8, 4) is 0 Å². The monoisotopic (exact) mass is 260 g/mol. The lowest BCUT2D eigenvalue weighted by molar-refractivity contribution is 0.295. The molecule has 3 nitrogen and oxygen atoms in total. The van der Waals surface area contributed by atoms with Gasteiger partial charge in [0, 0.05) is 11.5 Å². The predicted octanol–water partition coefficient (Wildman–Crippen LogP) is 1.95. The fourth-order valence-electron chi connectivity index (χ4n) is 1.28. The van der Waals surface area contributed by atoms with Crippen molar-refractivity contribution in [3.63, 3.8) is 0 Å². The van der Waals surface area contributed by atoms with Gasteiger partial charge >= 0.3 is 0 Å². The molecule has 0 saturated carbocycles. The molecule has 0 spiro atoms. The summed E-state index contributed by atoms with van der Waals surface area (Å²) in [6.45, 7) is 1.96. The summed E-state index contributed by atoms with van der Waals surface area (Å²) in [5.74, 6) is 0.973. The van der Waals surface area contributed by atoms with Crippen LogP contribution in [-0.2, 0) is 9.84 Å². The number of aliphatic hydroxyl groups is 1. The molecular weight excluding hydrogens is 244 g/mol. The number of hydrogen-bond donors (Lipinski definition) is 1. The molecule has 90 valence electrons. The van der Waals surface area contributed by atoms with E-state index in [-0.39, 0.29) is 18.8 Å². The Labute approximate surface area is 101 Å². The highest BCUT2D eigenvalue weighted by atomic mass is 32.2. The van der Waals surface area contributed by atoms with Crippen LogP contribution in [0.2, 0.25) is 0 Å². The summed E-state index contributed by atoms with van der Waals surface area (Å²) < 4.78 is 23.5. The normalized spacial score (nSPS) is 11.6. The minimum atomic E-state index is -3.22. The first-order valence-corrected chi connectivity index (χ1v) is 7.80. The smallest absolute Gasteiger partial charge is 0.178 e. The van der Waals surface area contributed by atoms with Crippen molar-refractivity contribution in [1.29, 1.82) is 0 Å². The number of thioether (sulfide) groups is 1. The lowest BCUT2D eigenvalue weighted by Crippen LogP contribution is -2.08. The first kappa shape index (κ1) is 13.5. The van der Waals surface area contributed by atoms with Gasteiger partial charge in [-0.15, -0.1) is 11.8 Å². The van der Waals surface area contributed by atoms with Crippen LogP contribution in [0.4, 0.5) is 0 Å². The van der Waals surface area contributed by atoms with E-state index < -0.39 is 9.84 Å². The van der Waals surface area contributed by atoms with E-state index >= 15 is 0 Å². The van der Waals surface area contributed by atoms with E-state index in [0.717, 1.165) is 10.6 Å². The molecule has 1 rings (SSSR count). The second-order valence-corrected chi connectivity index (χ2v) is 6.75. The van der Waals surface area contributed by atoms with Gasteiger partial charge in [-0.05, 0) is 36.4 Å². The van der Waals surface area contributed by atoms with Crippen LogP contribution in [0.5, 0.6) is 0 Å². The molecule has 0 aliphatic heterocycles. The zero-order chi connectivity index (χ0) is 12.0. The highest BCUT2D eigenvalue weighted by molar-refractivity contribution is 7.99. The molecule has 5 heteroatoms. The van der Waals surface area contributed by atoms with Crippen LogP contribution < -0.4 is 0 Å². The van der Waals surface area contributed by atoms with Crippen LogP contribution in [0.15, 0.2) is 34.1 Å². The number of hydrogen-bond acceptors (Lipinski definition) is 4. The van der Waals surface area contributed by atoms with Crippen molar-refractivity contribution >= 4 is 21.6 Å². The Bertz CT molecular complexity index is 409. The summed E-state index contributed by atoms with van der Waals surface area (Å²) in [5, 5.41) is 8.62. The van der Waals surface area contributed by atoms with E-state index in [4.69, 9.17) is 5.11 Å². The third-order valence-corrected chi connectivity index (χ3v) is 4.78. The molecule has 0 amide bonds. The molecule has 0 unspecified atom stereocenters. The summed E-state index contributed by atoms with van der Waals surface area (Å²) >= 11 is 1.68. The lowest BCUT2D eigenvalue weighted by Gasteiger charge is -2.04. The number of rotatable bonds is 6. The zero-order valence-corrected chi connectivity index (χ0v) is 10.9. The van der Waals surface area contributed by atoms with Gasteiger partial charge in [0.05, 0.1) is 10.6 Å². The summed E-state index contributed by atoms with van der Waals surface area (Å²) in [7, 11) is -3.22. The SMILES string of the molecule is CCSc1ccc(S(=O)(=O)CCCO)cc1. The number of aliphatic hydroxyl groups excluding tert-OH is 1. The molecule has 16 heavy (non-hydrogen) atoms. The maximum Gasteiger partial charge on any atom is 0.178 e. The van der Waals surface area contributed by atoms with Gasteiger partial charge in [0.15, 0.2) is 9.84 Å². The van der Waals surface area contributed by atoms with Crippen LogP contribution in [0.25, 0.3) is 0 Å². The maximum atomic E-state index is 11.7. The molecule has 0 atom stereocenters. The lowest BCUT2D eigenvalue weighted by atomic mass is 10.4. The Morgan fingerprint density at radius 1 is 1.25 bits per heavy atom. The topological polar surface area (TPSA) is 54.4 Å². The Balaban J connectivity index is 2.80. The summed E-state index contributed by atoms with van der Waals surface area (Å²) in [4.78, 5) is 1.41. The van der Waals surface area contributed by atoms with Crippen molar-refractivity contribution in [2.45, 2.75) is 23.1 Å². The third-order valence-electron chi connectivity index (χ3n) is 2.07. The molecule has 0 aromatic heterocycles. The van der Waals surface area contributed by atoms with Gasteiger partial charge in [-0.1, -0.05) is 6.92 Å². The van der Waals surface area contributed by atoms with E-state index in [1.165, 1.54) is 0 Å². The summed E-state index contributed by atoms with van der Waals surface area (Å²) in [5.41, 5.74) is 0. The Kier molecular flexibility index (Phi) is 5.31. The summed E-state index contributed by atoms with van der Waals surface area (Å²) in [6.07, 6.45) is 0.286. The summed E-state index contributed by atoms with van der Waals surface area (Å²) in [6, 6.07) is 6.90. The number of benzene rings is 1. The van der Waals surface area contributed by atoms with E-state index in [9.17, 15) is 8.42 Å². The van der Waals surface area contributed by atoms with Gasteiger partial charge in [0.1, 0.15) is 0 Å². The van der Waals surface area contributed by atoms with Crippen LogP contribution in [0.1, 0.15) is 13.3 Å². The Morgan fingerprint density at radius 2 is 1.88 bits per heavy atom. The van der Waals surface area contributed by atoms with Crippen molar-refractivity contribution in [2.24, 2.45) is 0 Å². The highest BCUT2D eigenvalue weighted by Gasteiger charge is 2.13. The average Bonchev–Trinajstić information content (AvgIpc) is 2.28. The predicted molar refractivity (Wildman–Crippen MR) is 66.6 cm³/mol. The minimum absolute atomic E-state index is 0.00374. The van der Waals surface area contributed by atoms with Crippen LogP contribution in [0.3, 0.4) is 0 Å². The van der Waals surface area contributed by atoms with Gasteiger partial charge in [0.25, 0.3) is 0 Å². The number of sulfone groups is 1. The second-order valence-electron chi connectivity index (χ2n) is 3.30. The molecule has 1 aromatic rings. The molecule has 0 saturated heterocycles. The second kappa shape index (κ2) is 6.27. The largest absolute Gasteiger partial charge is 0.396 e. The fourth-order valence-corrected chi connectivity index (χ4v) is 3.24. The molecule has 0 heterocycles. The highest BCUT2D eigenvalue weighted by Crippen LogP contribution is 2.20. The molecular formula is C11H16O3S2. The molecule has 0 radical (unpaired) electrons. The van der Waals surface area contributed by atoms with Gasteiger partial charge < -0.3 is 5.11 Å². The van der Waals surface area contributed by atoms with Crippen LogP contribution in [0, 0.1) is 0 Å². The molecule has 0 fully saturated rings. The molecule has 1 N–H and O–H groups in total. The van der Waals surface area contributed by atoms with Gasteiger partial charge in [0.2, 0.25) is 0 Å². The minimum Gasteiger partial charge on any atom is -0.396 e. The van der Waals surface area contributed by atoms with E-state index in [2.05, 4.69) is 6.92 Å². The first-order valence-electron chi connectivity index (χ1n) is 5.16. The van der Waals surface area contributed by atoms with Gasteiger partial charge in [-0.25, -0.2) is 8.42 Å². The standard InChI is InChI=1S/C11H16O3S2/c1-2-15-10-4-6-11(7-5-10)16(13,14)9-3-8-12/h4-7,12H,2-3,8-9H2,1H3. The van der Waals surface area contributed by atoms with Gasteiger partial charge in [-0.3, -0.25) is 0 Å². The Morgan fingerprint density at radius 3 is 2.38 bits per heavy atom. The van der Waals surface area contributed by atoms with Crippen LogP contribution in [-0.4, -0.2) is 31.6 Å². The van der Waals surface area contributed by atoms with Crippen molar-refractivity contribution in [3.05, 3.63) is 24.3 Å². The molecule has 0 aliphatic rings. The maximum absolute atomic E-state index is 11.7. The third kappa shape index (κ3) is 3.81. The molecule has 0 aliphatic carbocycles. The van der Waals surface area contributed by atoms with E-state index in [0.29, 0.717) is 4.90 Å². The van der Waals surface area contributed by atoms with Crippen LogP contribution >= 0.6 is 11.8 Å². The van der Waals surface area contributed by atoms with Crippen molar-refractivity contribution in [2.75, 3.05) is 18.1 Å². The zero-order valence-electron chi connectivity index (χ0n) is 9.22. The van der Waals surface area contributed by atoms with E-state index in [1.807, 2.05) is 12.1 Å². The quantitative estimate of drug-likeness (QED) is 0.794. The Hall–Kier alpha value is -0.520. The average molecular weight is 260 g/mol.